The summed E-state index contributed by atoms with van der Waals surface area (Å²) in [5, 5.41) is 12.5. The van der Waals surface area contributed by atoms with Crippen molar-refractivity contribution in [3.63, 3.8) is 0 Å². The van der Waals surface area contributed by atoms with E-state index in [2.05, 4.69) is 58.0 Å². The van der Waals surface area contributed by atoms with Crippen molar-refractivity contribution in [3.8, 4) is 0 Å². The first-order valence-electron chi connectivity index (χ1n) is 11.1. The maximum atomic E-state index is 10.4. The molecule has 0 radical (unpaired) electrons. The number of carbonyl (C=O) groups is 1. The third-order valence-electron chi connectivity index (χ3n) is 5.67. The van der Waals surface area contributed by atoms with Gasteiger partial charge in [0, 0.05) is 36.7 Å². The first-order chi connectivity index (χ1) is 15.7. The van der Waals surface area contributed by atoms with Gasteiger partial charge in [-0.3, -0.25) is 5.10 Å². The molecule has 1 aromatic carbocycles. The van der Waals surface area contributed by atoms with Crippen LogP contribution in [0.1, 0.15) is 49.7 Å². The Kier molecular flexibility index (Phi) is 8.55. The minimum absolute atomic E-state index is 0.375. The van der Waals surface area contributed by atoms with Crippen molar-refractivity contribution in [2.75, 3.05) is 12.4 Å². The topological polar surface area (TPSA) is 70.7 Å². The third kappa shape index (κ3) is 6.03. The second-order valence-corrected chi connectivity index (χ2v) is 7.91. The molecule has 1 atom stereocenters. The van der Waals surface area contributed by atoms with E-state index >= 15 is 0 Å². The Labute approximate surface area is 190 Å². The number of hydrogen-bond acceptors (Lipinski definition) is 4. The van der Waals surface area contributed by atoms with E-state index < -0.39 is 0 Å². The number of benzene rings is 1. The first-order valence-corrected chi connectivity index (χ1v) is 11.1. The zero-order chi connectivity index (χ0) is 22.8. The minimum atomic E-state index is 0.375. The van der Waals surface area contributed by atoms with Gasteiger partial charge >= 0.3 is 0 Å². The van der Waals surface area contributed by atoms with E-state index in [4.69, 9.17) is 0 Å². The van der Waals surface area contributed by atoms with Gasteiger partial charge in [0.05, 0.1) is 0 Å². The van der Waals surface area contributed by atoms with Crippen LogP contribution < -0.4 is 15.8 Å². The lowest BCUT2D eigenvalue weighted by Gasteiger charge is -2.01. The summed E-state index contributed by atoms with van der Waals surface area (Å²) >= 11 is 0. The molecule has 0 bridgehead atoms. The average Bonchev–Trinajstić information content (AvgIpc) is 3.41. The number of nitrogens with zero attached hydrogens (tertiary/aromatic N) is 2. The molecule has 1 heterocycles. The van der Waals surface area contributed by atoms with E-state index in [0.717, 1.165) is 59.7 Å². The Morgan fingerprint density at radius 2 is 2.09 bits per heavy atom. The molecule has 166 valence electrons. The quantitative estimate of drug-likeness (QED) is 0.679. The molecule has 2 aromatic rings. The van der Waals surface area contributed by atoms with Crippen LogP contribution >= 0.6 is 0 Å². The van der Waals surface area contributed by atoms with Crippen LogP contribution in [0.15, 0.2) is 66.3 Å². The molecule has 4 rings (SSSR count). The summed E-state index contributed by atoms with van der Waals surface area (Å²) in [6, 6.07) is 5.98. The summed E-state index contributed by atoms with van der Waals surface area (Å²) in [5.41, 5.74) is 3.96. The summed E-state index contributed by atoms with van der Waals surface area (Å²) in [4.78, 5) is 14.9. The molecule has 5 heteroatoms. The Bertz CT molecular complexity index is 1140. The summed E-state index contributed by atoms with van der Waals surface area (Å²) in [7, 11) is 1.90. The molecular weight excluding hydrogens is 396 g/mol. The second-order valence-electron chi connectivity index (χ2n) is 7.91. The number of aryl methyl sites for hydroxylation is 1. The van der Waals surface area contributed by atoms with Crippen molar-refractivity contribution in [1.29, 1.82) is 0 Å². The molecule has 1 fully saturated rings. The number of hydrogen-bond donors (Lipinski definition) is 2. The molecule has 5 nitrogen and oxygen atoms in total. The standard InChI is InChI=1S/C16H19N3O.C11H13N/c20-9-5-8-15-17-16(19-18-15)14-10-12-6-3-1-2-4-7-13(12)11-14;1-4-6-10-9(2)7-5-8-11(10)12-3/h1,3,6-7,9,14H,2,4-5,8,10-11H2,(H,17,18,19);4-8,12H,1-2H2,3H3/b3-1-,12-6-,13-7?;10-6+. The van der Waals surface area contributed by atoms with Crippen LogP contribution in [-0.2, 0) is 11.2 Å². The number of anilines is 1. The van der Waals surface area contributed by atoms with E-state index in [1.165, 1.54) is 11.1 Å². The maximum absolute atomic E-state index is 10.4. The van der Waals surface area contributed by atoms with Crippen LogP contribution in [0.2, 0.25) is 0 Å². The van der Waals surface area contributed by atoms with E-state index in [0.29, 0.717) is 18.8 Å². The fourth-order valence-corrected chi connectivity index (χ4v) is 4.02. The van der Waals surface area contributed by atoms with Crippen molar-refractivity contribution in [2.45, 2.75) is 44.4 Å². The second kappa shape index (κ2) is 11.8. The Balaban J connectivity index is 0.000000207. The molecule has 2 N–H and O–H groups in total. The Morgan fingerprint density at radius 1 is 1.25 bits per heavy atom. The highest BCUT2D eigenvalue weighted by Gasteiger charge is 2.28. The number of aromatic amines is 1. The van der Waals surface area contributed by atoms with Gasteiger partial charge in [-0.1, -0.05) is 61.7 Å². The molecule has 0 saturated heterocycles. The Morgan fingerprint density at radius 3 is 2.88 bits per heavy atom. The van der Waals surface area contributed by atoms with Gasteiger partial charge in [-0.15, -0.1) is 0 Å². The van der Waals surface area contributed by atoms with Crippen molar-refractivity contribution in [1.82, 2.24) is 15.2 Å². The summed E-state index contributed by atoms with van der Waals surface area (Å²) in [6.07, 6.45) is 19.0. The smallest absolute Gasteiger partial charge is 0.154 e. The molecule has 1 aromatic heterocycles. The molecule has 2 aliphatic carbocycles. The lowest BCUT2D eigenvalue weighted by Crippen LogP contribution is -2.25. The number of nitrogens with one attached hydrogen (secondary N) is 2. The SMILES string of the molecule is C=C/C=c1/c(NC)cccc1=C.O=CCCc1nc(C2CC3=CCC/C=C\C=C/3C2)n[nH]1. The van der Waals surface area contributed by atoms with Crippen molar-refractivity contribution >= 4 is 24.6 Å². The molecule has 1 saturated carbocycles. The van der Waals surface area contributed by atoms with Gasteiger partial charge in [0.1, 0.15) is 12.1 Å². The maximum Gasteiger partial charge on any atom is 0.154 e. The Hall–Kier alpha value is -3.47. The predicted octanol–water partition coefficient (Wildman–Crippen LogP) is 4.12. The molecule has 2 aliphatic rings. The normalized spacial score (nSPS) is 20.4. The molecule has 0 amide bonds. The van der Waals surface area contributed by atoms with Crippen LogP contribution in [0.3, 0.4) is 0 Å². The van der Waals surface area contributed by atoms with E-state index in [1.54, 1.807) is 6.08 Å². The summed E-state index contributed by atoms with van der Waals surface area (Å²) in [5.74, 6) is 2.09. The van der Waals surface area contributed by atoms with Crippen LogP contribution in [0, 0.1) is 0 Å². The summed E-state index contributed by atoms with van der Waals surface area (Å²) < 4.78 is 0. The molecule has 0 spiro atoms. The number of carbonyl (C=O) groups excluding carboxylic acids is 1. The zero-order valence-corrected chi connectivity index (χ0v) is 18.8. The van der Waals surface area contributed by atoms with E-state index in [1.807, 2.05) is 31.3 Å². The van der Waals surface area contributed by atoms with Gasteiger partial charge in [0.15, 0.2) is 5.82 Å². The van der Waals surface area contributed by atoms with E-state index in [9.17, 15) is 4.79 Å². The third-order valence-corrected chi connectivity index (χ3v) is 5.67. The zero-order valence-electron chi connectivity index (χ0n) is 18.8. The van der Waals surface area contributed by atoms with Crippen molar-refractivity contribution in [2.24, 2.45) is 0 Å². The highest BCUT2D eigenvalue weighted by molar-refractivity contribution is 5.52. The monoisotopic (exact) mass is 428 g/mol. The lowest BCUT2D eigenvalue weighted by molar-refractivity contribution is -0.107. The van der Waals surface area contributed by atoms with Crippen LogP contribution in [0.25, 0.3) is 12.7 Å². The minimum Gasteiger partial charge on any atom is -0.388 e. The molecular formula is C27H32N4O. The molecule has 1 unspecified atom stereocenters. The number of aromatic nitrogens is 3. The first kappa shape index (κ1) is 23.2. The average molecular weight is 429 g/mol. The fourth-order valence-electron chi connectivity index (χ4n) is 4.02. The number of aldehydes is 1. The fraction of sp³-hybridized carbons (Fsp3) is 0.296. The van der Waals surface area contributed by atoms with Crippen molar-refractivity contribution in [3.05, 3.63) is 88.4 Å². The lowest BCUT2D eigenvalue weighted by atomic mass is 10.0. The van der Waals surface area contributed by atoms with Gasteiger partial charge in [0.25, 0.3) is 0 Å². The van der Waals surface area contributed by atoms with E-state index in [-0.39, 0.29) is 0 Å². The van der Waals surface area contributed by atoms with Crippen LogP contribution in [0.4, 0.5) is 5.69 Å². The van der Waals surface area contributed by atoms with Gasteiger partial charge in [-0.25, -0.2) is 4.98 Å². The summed E-state index contributed by atoms with van der Waals surface area (Å²) in [6.45, 7) is 7.59. The van der Waals surface area contributed by atoms with Crippen LogP contribution in [0.5, 0.6) is 0 Å². The highest BCUT2D eigenvalue weighted by Crippen LogP contribution is 2.41. The highest BCUT2D eigenvalue weighted by atomic mass is 16.1. The molecule has 32 heavy (non-hydrogen) atoms. The largest absolute Gasteiger partial charge is 0.388 e. The van der Waals surface area contributed by atoms with Crippen molar-refractivity contribution < 1.29 is 4.79 Å². The van der Waals surface area contributed by atoms with Crippen LogP contribution in [-0.4, -0.2) is 28.5 Å². The number of allylic oxidation sites excluding steroid dienone is 7. The van der Waals surface area contributed by atoms with Gasteiger partial charge in [-0.2, -0.15) is 5.10 Å². The van der Waals surface area contributed by atoms with Gasteiger partial charge < -0.3 is 10.1 Å². The molecule has 0 aliphatic heterocycles. The predicted molar refractivity (Wildman–Crippen MR) is 133 cm³/mol. The van der Waals surface area contributed by atoms with Gasteiger partial charge in [0.2, 0.25) is 0 Å². The number of H-pyrrole nitrogens is 1. The number of rotatable bonds is 6. The van der Waals surface area contributed by atoms with Gasteiger partial charge in [-0.05, 0) is 48.1 Å². The number of fused-ring (bicyclic) bond motifs is 1.